The molecule has 704 valence electrons. The molecular formula is C46H63N5O60S12. The SMILES string of the molecule is COC(=O)C(Cc1ccccc1)NC(=O)[C@@H]1O[C@H](CNC(=O)[C@@H]2O[C@H](CNC(=O)[C@@H]3O[C@H](CNC(=O)[C@@H]4O[C@H](CNC(=O)OCc5ccccc5)[C@@H](OS(=O)(=O)O)[C@H](OS(=O)(=O)O)[C@H]4OS(=O)(=O)O)[C@@H](OS(=O)(=O)O)[C@H](OS(=O)(=O)O)[C@H]3OS(=O)(=O)O)[C@@H](OS(=O)(=O)O)[C@H](OS(=O)(=O)O)[C@H]2OS(=O)(=O)O)[C@@H](OS(=O)(=O)O)[C@H](OS(=O)(=O)O)[C@H]1OS(=O)(=O)O. The standard InChI is InChI=1S/C46H63N5O60S12/c1-94-45(56)20(12-18-8-4-2-5-9-18)51-44(55)40-36(111-123(91,92)93)32(107-119(79,80)81)27(102-114(64,65)66)23(99-40)15-49-42(53)38-34(109-121(85,86)87)30(105-117(73,74)75)25(100-112(58,59)60)21(97-38)13-47-41(52)37-33(108-120(82,83)84)29(104-116(70,71)72)26(101-113(61,62)63)22(96-37)14-48-43(54)39-35(110-122(88,89)90)31(106-118(76,77)78)28(103-115(67,68)69)24(98-39)16-50-46(57)95-17-19-10-6-3-7-11-19/h2-11,20-40H,12-17H2,1H3,(H,47,52)(H,48,54)(H,49,53)(H,50,57)(H,51,55)(H,58,59,60)(H,61,62,63)(H,64,65,66)(H,67,68,69)(H,70,71,72)(H,73,74,75)(H,76,77,78)(H,79,80,81)(H,82,83,84)(H,85,86,87)(H,88,89,90)(H,91,92,93)/t20?,21-,22-,23-,24-,25-,26-,27-,28-,29+,30+,31+,32+,33-,34-,35-,36-,37-,38-,39-,40-/m1/s1. The summed E-state index contributed by atoms with van der Waals surface area (Å²) >= 11 is 0. The Kier molecular flexibility index (Phi) is 35.2. The van der Waals surface area contributed by atoms with Crippen molar-refractivity contribution >= 4 is 160 Å². The lowest BCUT2D eigenvalue weighted by atomic mass is 9.92. The Morgan fingerprint density at radius 1 is 0.301 bits per heavy atom. The molecule has 123 heavy (non-hydrogen) atoms. The topological polar surface area (TPSA) is 981 Å². The van der Waals surface area contributed by atoms with E-state index in [1.807, 2.05) is 10.6 Å². The van der Waals surface area contributed by atoms with E-state index < -0.39 is 328 Å². The highest BCUT2D eigenvalue weighted by atomic mass is 32.3. The first-order valence-corrected chi connectivity index (χ1v) is 47.9. The molecule has 0 aliphatic carbocycles. The first-order valence-electron chi connectivity index (χ1n) is 31.5. The molecule has 4 aliphatic rings. The summed E-state index contributed by atoms with van der Waals surface area (Å²) in [4.78, 5) is 84.2. The van der Waals surface area contributed by atoms with Crippen LogP contribution in [0.15, 0.2) is 60.7 Å². The average Bonchev–Trinajstić information content (AvgIpc) is 0.773. The van der Waals surface area contributed by atoms with Gasteiger partial charge in [-0.2, -0.15) is 101 Å². The highest BCUT2D eigenvalue weighted by Crippen LogP contribution is 2.37. The number of ether oxygens (including phenoxy) is 6. The normalized spacial score (nSPS) is 28.3. The van der Waals surface area contributed by atoms with Gasteiger partial charge in [-0.3, -0.25) is 73.8 Å². The molecule has 0 saturated carbocycles. The number of amides is 5. The molecule has 65 nitrogen and oxygen atoms in total. The molecule has 0 aromatic heterocycles. The summed E-state index contributed by atoms with van der Waals surface area (Å²) < 4.78 is 501. The summed E-state index contributed by atoms with van der Waals surface area (Å²) in [7, 11) is -76.3. The minimum Gasteiger partial charge on any atom is -0.467 e. The fraction of sp³-hybridized carbons (Fsp3) is 0.609. The molecule has 1 unspecified atom stereocenters. The van der Waals surface area contributed by atoms with Crippen LogP contribution in [-0.2, 0) is 240 Å². The number of hydrogen-bond donors (Lipinski definition) is 17. The van der Waals surface area contributed by atoms with E-state index in [1.54, 1.807) is 0 Å². The summed E-state index contributed by atoms with van der Waals surface area (Å²) in [5.74, 6) is -10.7. The third-order valence-corrected chi connectivity index (χ3v) is 21.1. The molecule has 2 aromatic carbocycles. The van der Waals surface area contributed by atoms with E-state index in [2.05, 4.69) is 54.9 Å². The fourth-order valence-electron chi connectivity index (χ4n) is 11.5. The van der Waals surface area contributed by atoms with E-state index in [4.69, 9.17) is 23.7 Å². The number of methoxy groups -OCH3 is 1. The van der Waals surface area contributed by atoms with Crippen molar-refractivity contribution in [2.45, 2.75) is 141 Å². The highest BCUT2D eigenvalue weighted by molar-refractivity contribution is 7.83. The van der Waals surface area contributed by atoms with Gasteiger partial charge in [0.05, 0.1) is 7.11 Å². The molecule has 4 fully saturated rings. The van der Waals surface area contributed by atoms with Crippen LogP contribution in [0.2, 0.25) is 0 Å². The van der Waals surface area contributed by atoms with Crippen LogP contribution in [-0.4, -0.2) is 353 Å². The van der Waals surface area contributed by atoms with Crippen molar-refractivity contribution in [1.82, 2.24) is 26.6 Å². The summed E-state index contributed by atoms with van der Waals surface area (Å²) in [5, 5.41) is 8.20. The predicted octanol–water partition coefficient (Wildman–Crippen LogP) is -11.5. The summed E-state index contributed by atoms with van der Waals surface area (Å²) in [6, 6.07) is 11.9. The molecule has 2 aromatic rings. The van der Waals surface area contributed by atoms with Gasteiger partial charge in [0.1, 0.15) is 110 Å². The molecule has 6 rings (SSSR count). The van der Waals surface area contributed by atoms with Crippen LogP contribution in [0.25, 0.3) is 0 Å². The van der Waals surface area contributed by atoms with Crippen molar-refractivity contribution in [3.8, 4) is 0 Å². The zero-order valence-corrected chi connectivity index (χ0v) is 69.3. The third-order valence-electron chi connectivity index (χ3n) is 15.5. The van der Waals surface area contributed by atoms with Crippen LogP contribution in [0.4, 0.5) is 4.79 Å². The van der Waals surface area contributed by atoms with Gasteiger partial charge in [-0.1, -0.05) is 60.7 Å². The van der Waals surface area contributed by atoms with Crippen LogP contribution >= 0.6 is 0 Å². The zero-order valence-electron chi connectivity index (χ0n) is 59.5. The summed E-state index contributed by atoms with van der Waals surface area (Å²) in [6.07, 6.45) is -70.1. The Bertz CT molecular complexity index is 5620. The number of alkyl carbamates (subject to hydrolysis) is 1. The number of benzene rings is 2. The second-order valence-electron chi connectivity index (χ2n) is 24.2. The van der Waals surface area contributed by atoms with Gasteiger partial charge in [-0.15, -0.1) is 0 Å². The number of rotatable bonds is 42. The van der Waals surface area contributed by atoms with Gasteiger partial charge in [0.25, 0.3) is 23.6 Å². The van der Waals surface area contributed by atoms with E-state index >= 15 is 0 Å². The molecule has 4 heterocycles. The Morgan fingerprint density at radius 3 is 0.748 bits per heavy atom. The van der Waals surface area contributed by atoms with E-state index in [9.17, 15) is 184 Å². The van der Waals surface area contributed by atoms with Crippen molar-refractivity contribution in [3.05, 3.63) is 71.8 Å². The molecule has 0 radical (unpaired) electrons. The number of nitrogens with one attached hydrogen (secondary N) is 5. The molecule has 5 amide bonds. The number of hydrogen-bond acceptors (Lipinski definition) is 48. The molecular weight excluding hydrogens is 1970 g/mol. The van der Waals surface area contributed by atoms with E-state index in [-0.39, 0.29) is 11.1 Å². The van der Waals surface area contributed by atoms with E-state index in [0.717, 1.165) is 7.11 Å². The van der Waals surface area contributed by atoms with Gasteiger partial charge in [-0.25, -0.2) is 59.8 Å². The maximum atomic E-state index is 14.8. The smallest absolute Gasteiger partial charge is 0.407 e. The molecule has 4 aliphatic heterocycles. The van der Waals surface area contributed by atoms with Crippen molar-refractivity contribution < 1.29 is 263 Å². The lowest BCUT2D eigenvalue weighted by Crippen LogP contribution is -2.69. The number of carbonyl (C=O) groups is 6. The molecule has 0 bridgehead atoms. The second kappa shape index (κ2) is 41.2. The van der Waals surface area contributed by atoms with Crippen molar-refractivity contribution in [1.29, 1.82) is 0 Å². The van der Waals surface area contributed by atoms with Crippen molar-refractivity contribution in [2.75, 3.05) is 33.3 Å². The Morgan fingerprint density at radius 2 is 0.512 bits per heavy atom. The van der Waals surface area contributed by atoms with Gasteiger partial charge in [0, 0.05) is 32.6 Å². The zero-order chi connectivity index (χ0) is 93.3. The Hall–Kier alpha value is -6.66. The number of carbonyl (C=O) groups excluding carboxylic acids is 6. The second-order valence-corrected chi connectivity index (χ2v) is 36.8. The summed E-state index contributed by atoms with van der Waals surface area (Å²) in [5.41, 5.74) is 0.394. The average molecular weight is 2030 g/mol. The largest absolute Gasteiger partial charge is 0.467 e. The fourth-order valence-corrected chi connectivity index (χ4v) is 17.5. The quantitative estimate of drug-likeness (QED) is 0.0217. The van der Waals surface area contributed by atoms with Crippen LogP contribution in [0.3, 0.4) is 0 Å². The number of esters is 1. The van der Waals surface area contributed by atoms with Crippen LogP contribution < -0.4 is 26.6 Å². The third kappa shape index (κ3) is 35.5. The highest BCUT2D eigenvalue weighted by Gasteiger charge is 2.62. The Balaban J connectivity index is 1.49. The molecule has 4 saturated heterocycles. The molecule has 17 N–H and O–H groups in total. The lowest BCUT2D eigenvalue weighted by molar-refractivity contribution is -0.211. The minimum absolute atomic E-state index is 0.146. The van der Waals surface area contributed by atoms with Gasteiger partial charge >= 0.3 is 137 Å². The minimum atomic E-state index is -6.58. The maximum Gasteiger partial charge on any atom is 0.407 e. The first-order chi connectivity index (χ1) is 55.8. The first kappa shape index (κ1) is 105. The van der Waals surface area contributed by atoms with Crippen molar-refractivity contribution in [2.24, 2.45) is 0 Å². The van der Waals surface area contributed by atoms with Crippen LogP contribution in [0.1, 0.15) is 11.1 Å². The summed E-state index contributed by atoms with van der Waals surface area (Å²) in [6.45, 7) is -8.27. The monoisotopic (exact) mass is 2030 g/mol. The Labute approximate surface area is 692 Å². The van der Waals surface area contributed by atoms with Gasteiger partial charge in [0.2, 0.25) is 0 Å². The van der Waals surface area contributed by atoms with E-state index in [1.165, 1.54) is 76.6 Å². The molecule has 77 heteroatoms. The van der Waals surface area contributed by atoms with Gasteiger partial charge in [0.15, 0.2) is 24.4 Å². The molecule has 21 atom stereocenters. The maximum absolute atomic E-state index is 14.8. The van der Waals surface area contributed by atoms with Crippen LogP contribution in [0, 0.1) is 0 Å². The van der Waals surface area contributed by atoms with E-state index in [0.29, 0.717) is 0 Å². The van der Waals surface area contributed by atoms with Gasteiger partial charge in [-0.05, 0) is 11.1 Å². The van der Waals surface area contributed by atoms with Crippen LogP contribution in [0.5, 0.6) is 0 Å². The predicted molar refractivity (Wildman–Crippen MR) is 369 cm³/mol. The van der Waals surface area contributed by atoms with Crippen molar-refractivity contribution in [3.63, 3.8) is 0 Å². The lowest BCUT2D eigenvalue weighted by Gasteiger charge is -2.45. The van der Waals surface area contributed by atoms with Gasteiger partial charge < -0.3 is 55.0 Å². The molecule has 0 spiro atoms.